The Morgan fingerprint density at radius 2 is 2.32 bits per heavy atom. The van der Waals surface area contributed by atoms with Crippen LogP contribution in [0.25, 0.3) is 10.9 Å². The van der Waals surface area contributed by atoms with Crippen LogP contribution in [0.4, 0.5) is 5.69 Å². The van der Waals surface area contributed by atoms with Crippen molar-refractivity contribution in [1.29, 1.82) is 5.26 Å². The molecule has 1 aromatic heterocycles. The smallest absolute Gasteiger partial charge is 0.304 e. The highest BCUT2D eigenvalue weighted by Crippen LogP contribution is 2.47. The number of aromatic nitrogens is 1. The molecule has 2 aromatic rings. The standard InChI is InChI=1S/C19H21N3O3/c1-2-7-19(9-15(24)25)8-3-4-13-16-12(10-20)5-6-14(21-11-23)17(16)22-18(13)19/h5-6,11,22H,2-4,7-9H2,1H3,(H,21,23)(H,24,25). The topological polar surface area (TPSA) is 106 Å². The summed E-state index contributed by atoms with van der Waals surface area (Å²) in [5, 5.41) is 22.5. The van der Waals surface area contributed by atoms with Crippen molar-refractivity contribution in [2.24, 2.45) is 0 Å². The molecule has 1 amide bonds. The van der Waals surface area contributed by atoms with Gasteiger partial charge in [0.2, 0.25) is 6.41 Å². The number of hydrogen-bond acceptors (Lipinski definition) is 3. The molecule has 1 unspecified atom stereocenters. The number of nitrogens with one attached hydrogen (secondary N) is 2. The number of fused-ring (bicyclic) bond motifs is 3. The first-order valence-corrected chi connectivity index (χ1v) is 8.56. The third-order valence-corrected chi connectivity index (χ3v) is 5.22. The van der Waals surface area contributed by atoms with Gasteiger partial charge in [0.25, 0.3) is 0 Å². The van der Waals surface area contributed by atoms with Gasteiger partial charge in [-0.1, -0.05) is 13.3 Å². The number of carboxylic acids is 1. The Morgan fingerprint density at radius 1 is 1.52 bits per heavy atom. The summed E-state index contributed by atoms with van der Waals surface area (Å²) >= 11 is 0. The van der Waals surface area contributed by atoms with Gasteiger partial charge in [-0.3, -0.25) is 9.59 Å². The molecule has 3 N–H and O–H groups in total. The minimum atomic E-state index is -0.813. The number of nitriles is 1. The molecule has 0 saturated carbocycles. The maximum Gasteiger partial charge on any atom is 0.304 e. The molecule has 1 heterocycles. The zero-order valence-corrected chi connectivity index (χ0v) is 14.2. The molecule has 0 spiro atoms. The van der Waals surface area contributed by atoms with Gasteiger partial charge >= 0.3 is 5.97 Å². The number of anilines is 1. The Morgan fingerprint density at radius 3 is 2.96 bits per heavy atom. The summed E-state index contributed by atoms with van der Waals surface area (Å²) < 4.78 is 0. The van der Waals surface area contributed by atoms with Gasteiger partial charge < -0.3 is 15.4 Å². The van der Waals surface area contributed by atoms with Gasteiger partial charge in [-0.15, -0.1) is 0 Å². The molecule has 130 valence electrons. The predicted molar refractivity (Wildman–Crippen MR) is 94.5 cm³/mol. The number of carbonyl (C=O) groups is 2. The fraction of sp³-hybridized carbons (Fsp3) is 0.421. The minimum absolute atomic E-state index is 0.0684. The molecule has 0 saturated heterocycles. The second-order valence-electron chi connectivity index (χ2n) is 6.72. The van der Waals surface area contributed by atoms with E-state index in [4.69, 9.17) is 0 Å². The summed E-state index contributed by atoms with van der Waals surface area (Å²) in [7, 11) is 0. The van der Waals surface area contributed by atoms with E-state index in [1.54, 1.807) is 12.1 Å². The first-order valence-electron chi connectivity index (χ1n) is 8.56. The van der Waals surface area contributed by atoms with Crippen LogP contribution < -0.4 is 5.32 Å². The van der Waals surface area contributed by atoms with Crippen LogP contribution in [-0.2, 0) is 21.4 Å². The highest BCUT2D eigenvalue weighted by molar-refractivity contribution is 6.01. The third kappa shape index (κ3) is 2.76. The minimum Gasteiger partial charge on any atom is -0.481 e. The molecule has 1 aliphatic carbocycles. The largest absolute Gasteiger partial charge is 0.481 e. The highest BCUT2D eigenvalue weighted by atomic mass is 16.4. The van der Waals surface area contributed by atoms with Crippen LogP contribution in [0.5, 0.6) is 0 Å². The number of carbonyl (C=O) groups excluding carboxylic acids is 1. The normalized spacial score (nSPS) is 19.2. The second-order valence-corrected chi connectivity index (χ2v) is 6.72. The lowest BCUT2D eigenvalue weighted by atomic mass is 9.68. The van der Waals surface area contributed by atoms with E-state index in [2.05, 4.69) is 23.3 Å². The van der Waals surface area contributed by atoms with Crippen LogP contribution in [0.2, 0.25) is 0 Å². The first-order chi connectivity index (χ1) is 12.1. The number of aliphatic carboxylic acids is 1. The molecular formula is C19H21N3O3. The molecule has 0 aliphatic heterocycles. The van der Waals surface area contributed by atoms with E-state index in [0.717, 1.165) is 48.7 Å². The van der Waals surface area contributed by atoms with Gasteiger partial charge in [-0.25, -0.2) is 0 Å². The van der Waals surface area contributed by atoms with Crippen molar-refractivity contribution in [1.82, 2.24) is 4.98 Å². The van der Waals surface area contributed by atoms with E-state index in [1.807, 2.05) is 0 Å². The van der Waals surface area contributed by atoms with Crippen LogP contribution in [0, 0.1) is 11.3 Å². The molecule has 1 aliphatic rings. The maximum atomic E-state index is 11.5. The molecular weight excluding hydrogens is 318 g/mol. The van der Waals surface area contributed by atoms with Crippen LogP contribution in [0.1, 0.15) is 55.8 Å². The molecule has 3 rings (SSSR count). The Hall–Kier alpha value is -2.81. The van der Waals surface area contributed by atoms with Gasteiger partial charge in [-0.2, -0.15) is 5.26 Å². The van der Waals surface area contributed by atoms with Crippen molar-refractivity contribution in [3.05, 3.63) is 29.0 Å². The average molecular weight is 339 g/mol. The van der Waals surface area contributed by atoms with Crippen molar-refractivity contribution in [3.8, 4) is 6.07 Å². The van der Waals surface area contributed by atoms with Crippen LogP contribution in [-0.4, -0.2) is 22.5 Å². The number of aromatic amines is 1. The zero-order valence-electron chi connectivity index (χ0n) is 14.2. The quantitative estimate of drug-likeness (QED) is 0.701. The zero-order chi connectivity index (χ0) is 18.0. The number of amides is 1. The molecule has 25 heavy (non-hydrogen) atoms. The van der Waals surface area contributed by atoms with Crippen LogP contribution in [0.15, 0.2) is 12.1 Å². The van der Waals surface area contributed by atoms with E-state index in [1.165, 1.54) is 0 Å². The molecule has 0 fully saturated rings. The number of carboxylic acid groups (broad SMARTS) is 1. The van der Waals surface area contributed by atoms with Crippen molar-refractivity contribution < 1.29 is 14.7 Å². The van der Waals surface area contributed by atoms with Gasteiger partial charge in [0.15, 0.2) is 0 Å². The van der Waals surface area contributed by atoms with Crippen LogP contribution >= 0.6 is 0 Å². The Labute approximate surface area is 145 Å². The number of aryl methyl sites for hydroxylation is 1. The molecule has 1 aromatic carbocycles. The van der Waals surface area contributed by atoms with E-state index in [-0.39, 0.29) is 6.42 Å². The Kier molecular flexibility index (Phi) is 4.49. The van der Waals surface area contributed by atoms with Crippen molar-refractivity contribution in [2.75, 3.05) is 5.32 Å². The second kappa shape index (κ2) is 6.60. The molecule has 0 radical (unpaired) electrons. The molecule has 6 nitrogen and oxygen atoms in total. The van der Waals surface area contributed by atoms with Crippen molar-refractivity contribution in [3.63, 3.8) is 0 Å². The average Bonchev–Trinajstić information content (AvgIpc) is 2.97. The highest BCUT2D eigenvalue weighted by Gasteiger charge is 2.40. The van der Waals surface area contributed by atoms with Crippen molar-refractivity contribution >= 4 is 29.0 Å². The number of benzene rings is 1. The fourth-order valence-corrected chi connectivity index (χ4v) is 4.36. The predicted octanol–water partition coefficient (Wildman–Crippen LogP) is 3.46. The van der Waals surface area contributed by atoms with Gasteiger partial charge in [0, 0.05) is 16.5 Å². The summed E-state index contributed by atoms with van der Waals surface area (Å²) in [6.07, 6.45) is 4.84. The van der Waals surface area contributed by atoms with E-state index in [9.17, 15) is 20.0 Å². The monoisotopic (exact) mass is 339 g/mol. The summed E-state index contributed by atoms with van der Waals surface area (Å²) in [5.74, 6) is -0.813. The SMILES string of the molecule is CCCC1(CC(=O)O)CCCc2c1[nH]c1c(NC=O)ccc(C#N)c21. The third-order valence-electron chi connectivity index (χ3n) is 5.22. The molecule has 0 bridgehead atoms. The van der Waals surface area contributed by atoms with Gasteiger partial charge in [-0.05, 0) is 43.4 Å². The summed E-state index contributed by atoms with van der Waals surface area (Å²) in [6, 6.07) is 5.63. The number of rotatable bonds is 6. The lowest BCUT2D eigenvalue weighted by molar-refractivity contribution is -0.138. The van der Waals surface area contributed by atoms with Gasteiger partial charge in [0.05, 0.1) is 29.3 Å². The Balaban J connectivity index is 2.31. The lowest BCUT2D eigenvalue weighted by Crippen LogP contribution is -2.33. The van der Waals surface area contributed by atoms with Gasteiger partial charge in [0.1, 0.15) is 0 Å². The maximum absolute atomic E-state index is 11.5. The lowest BCUT2D eigenvalue weighted by Gasteiger charge is -2.36. The van der Waals surface area contributed by atoms with E-state index in [0.29, 0.717) is 23.2 Å². The Bertz CT molecular complexity index is 878. The van der Waals surface area contributed by atoms with E-state index < -0.39 is 11.4 Å². The molecule has 1 atom stereocenters. The number of H-pyrrole nitrogens is 1. The number of nitrogens with zero attached hydrogens (tertiary/aromatic N) is 1. The molecule has 6 heteroatoms. The van der Waals surface area contributed by atoms with Crippen molar-refractivity contribution in [2.45, 2.75) is 50.9 Å². The summed E-state index contributed by atoms with van der Waals surface area (Å²) in [6.45, 7) is 2.06. The fourth-order valence-electron chi connectivity index (χ4n) is 4.36. The summed E-state index contributed by atoms with van der Waals surface area (Å²) in [4.78, 5) is 25.9. The number of hydrogen-bond donors (Lipinski definition) is 3. The first kappa shape index (κ1) is 17.0. The van der Waals surface area contributed by atoms with E-state index >= 15 is 0 Å². The van der Waals surface area contributed by atoms with Crippen LogP contribution in [0.3, 0.4) is 0 Å². The summed E-state index contributed by atoms with van der Waals surface area (Å²) in [5.41, 5.74) is 3.38.